The Balaban J connectivity index is 2.25. The fourth-order valence-corrected chi connectivity index (χ4v) is 3.53. The summed E-state index contributed by atoms with van der Waals surface area (Å²) in [7, 11) is 0. The molecule has 0 spiro atoms. The fourth-order valence-electron chi connectivity index (χ4n) is 3.53. The molecule has 3 atom stereocenters. The molecule has 0 aliphatic heterocycles. The minimum atomic E-state index is 0.218. The zero-order chi connectivity index (χ0) is 14.2. The molecule has 108 valence electrons. The van der Waals surface area contributed by atoms with Crippen molar-refractivity contribution in [1.82, 2.24) is 4.57 Å². The maximum atomic E-state index is 6.35. The molecule has 1 heterocycles. The summed E-state index contributed by atoms with van der Waals surface area (Å²) in [5, 5.41) is 0. The van der Waals surface area contributed by atoms with Crippen LogP contribution >= 0.6 is 0 Å². The summed E-state index contributed by atoms with van der Waals surface area (Å²) in [4.78, 5) is 0. The molecule has 0 radical (unpaired) electrons. The van der Waals surface area contributed by atoms with Gasteiger partial charge in [0.1, 0.15) is 0 Å². The fraction of sp³-hybridized carbons (Fsp3) is 0.765. The van der Waals surface area contributed by atoms with Gasteiger partial charge in [-0.1, -0.05) is 34.1 Å². The topological polar surface area (TPSA) is 30.9 Å². The second kappa shape index (κ2) is 5.32. The number of aromatic nitrogens is 1. The molecule has 0 bridgehead atoms. The summed E-state index contributed by atoms with van der Waals surface area (Å²) in [5.41, 5.74) is 9.55. The quantitative estimate of drug-likeness (QED) is 0.853. The van der Waals surface area contributed by atoms with Crippen LogP contribution in [0.3, 0.4) is 0 Å². The highest BCUT2D eigenvalue weighted by Gasteiger charge is 2.33. The third kappa shape index (κ3) is 3.05. The van der Waals surface area contributed by atoms with Crippen LogP contribution in [0.2, 0.25) is 0 Å². The first kappa shape index (κ1) is 14.6. The molecule has 0 fully saturated rings. The Labute approximate surface area is 118 Å². The van der Waals surface area contributed by atoms with E-state index in [1.54, 1.807) is 0 Å². The van der Waals surface area contributed by atoms with E-state index in [1.165, 1.54) is 24.1 Å². The van der Waals surface area contributed by atoms with Gasteiger partial charge in [-0.3, -0.25) is 0 Å². The van der Waals surface area contributed by atoms with Crippen LogP contribution in [0.4, 0.5) is 0 Å². The third-order valence-corrected chi connectivity index (χ3v) is 4.79. The maximum Gasteiger partial charge on any atom is 0.0318 e. The molecule has 2 N–H and O–H groups in total. The monoisotopic (exact) mass is 262 g/mol. The van der Waals surface area contributed by atoms with E-state index in [-0.39, 0.29) is 6.04 Å². The Hall–Kier alpha value is -0.760. The van der Waals surface area contributed by atoms with Crippen molar-refractivity contribution >= 4 is 0 Å². The minimum Gasteiger partial charge on any atom is -0.348 e. The van der Waals surface area contributed by atoms with Gasteiger partial charge in [0.2, 0.25) is 0 Å². The molecule has 0 amide bonds. The summed E-state index contributed by atoms with van der Waals surface area (Å²) >= 11 is 0. The van der Waals surface area contributed by atoms with Gasteiger partial charge in [-0.05, 0) is 49.1 Å². The van der Waals surface area contributed by atoms with Gasteiger partial charge in [0, 0.05) is 24.0 Å². The smallest absolute Gasteiger partial charge is 0.0318 e. The molecule has 2 nitrogen and oxygen atoms in total. The Morgan fingerprint density at radius 1 is 1.42 bits per heavy atom. The van der Waals surface area contributed by atoms with E-state index in [4.69, 9.17) is 5.73 Å². The van der Waals surface area contributed by atoms with E-state index < -0.39 is 0 Å². The van der Waals surface area contributed by atoms with E-state index in [9.17, 15) is 0 Å². The Kier molecular flexibility index (Phi) is 4.10. The second-order valence-electron chi connectivity index (χ2n) is 7.37. The number of nitrogens with zero attached hydrogens (tertiary/aromatic N) is 1. The Morgan fingerprint density at radius 2 is 2.11 bits per heavy atom. The Morgan fingerprint density at radius 3 is 2.74 bits per heavy atom. The first-order chi connectivity index (χ1) is 8.84. The van der Waals surface area contributed by atoms with E-state index in [1.807, 2.05) is 0 Å². The predicted octanol–water partition coefficient (Wildman–Crippen LogP) is 4.46. The lowest BCUT2D eigenvalue weighted by molar-refractivity contribution is 0.269. The van der Waals surface area contributed by atoms with Crippen LogP contribution in [0.5, 0.6) is 0 Å². The molecule has 2 rings (SSSR count). The van der Waals surface area contributed by atoms with Crippen LogP contribution < -0.4 is 5.73 Å². The summed E-state index contributed by atoms with van der Waals surface area (Å²) in [6.07, 6.45) is 7.04. The first-order valence-electron chi connectivity index (χ1n) is 7.79. The highest BCUT2D eigenvalue weighted by Crippen LogP contribution is 2.41. The van der Waals surface area contributed by atoms with Gasteiger partial charge in [-0.25, -0.2) is 0 Å². The summed E-state index contributed by atoms with van der Waals surface area (Å²) in [6, 6.07) is 3.05. The van der Waals surface area contributed by atoms with Crippen LogP contribution in [0.15, 0.2) is 12.3 Å². The summed E-state index contributed by atoms with van der Waals surface area (Å²) < 4.78 is 2.49. The molecule has 0 saturated heterocycles. The van der Waals surface area contributed by atoms with Gasteiger partial charge < -0.3 is 10.3 Å². The van der Waals surface area contributed by atoms with Crippen LogP contribution in [0.25, 0.3) is 0 Å². The number of nitrogens with two attached hydrogens (primary N) is 1. The molecule has 1 aliphatic carbocycles. The van der Waals surface area contributed by atoms with Gasteiger partial charge in [-0.2, -0.15) is 0 Å². The van der Waals surface area contributed by atoms with Crippen molar-refractivity contribution in [3.05, 3.63) is 23.5 Å². The van der Waals surface area contributed by atoms with Crippen LogP contribution in [0.1, 0.15) is 77.2 Å². The Bertz CT molecular complexity index is 430. The molecule has 1 aliphatic rings. The van der Waals surface area contributed by atoms with Crippen molar-refractivity contribution in [1.29, 1.82) is 0 Å². The lowest BCUT2D eigenvalue weighted by Crippen LogP contribution is -2.31. The largest absolute Gasteiger partial charge is 0.348 e. The zero-order valence-electron chi connectivity index (χ0n) is 13.2. The molecule has 1 aromatic heterocycles. The highest BCUT2D eigenvalue weighted by molar-refractivity contribution is 5.30. The number of hydrogen-bond acceptors (Lipinski definition) is 1. The first-order valence-corrected chi connectivity index (χ1v) is 7.79. The zero-order valence-corrected chi connectivity index (χ0v) is 13.2. The molecule has 2 heteroatoms. The van der Waals surface area contributed by atoms with E-state index in [0.29, 0.717) is 11.5 Å². The lowest BCUT2D eigenvalue weighted by Gasteiger charge is -2.35. The maximum absolute atomic E-state index is 6.35. The van der Waals surface area contributed by atoms with Gasteiger partial charge >= 0.3 is 0 Å². The van der Waals surface area contributed by atoms with Crippen molar-refractivity contribution < 1.29 is 0 Å². The van der Waals surface area contributed by atoms with Crippen molar-refractivity contribution in [2.45, 2.75) is 72.4 Å². The van der Waals surface area contributed by atoms with Crippen LogP contribution in [-0.2, 0) is 6.42 Å². The van der Waals surface area contributed by atoms with E-state index >= 15 is 0 Å². The molecule has 1 aromatic rings. The molecular formula is C17H30N2. The van der Waals surface area contributed by atoms with Crippen molar-refractivity contribution in [3.63, 3.8) is 0 Å². The average Bonchev–Trinajstić information content (AvgIpc) is 2.70. The second-order valence-corrected chi connectivity index (χ2v) is 7.37. The summed E-state index contributed by atoms with van der Waals surface area (Å²) in [5.74, 6) is 0.790. The normalized spacial score (nSPS) is 24.8. The molecule has 0 aromatic carbocycles. The van der Waals surface area contributed by atoms with Crippen molar-refractivity contribution in [2.24, 2.45) is 17.1 Å². The number of hydrogen-bond donors (Lipinski definition) is 1. The standard InChI is InChI=1S/C17H30N2/c1-6-12(2)9-13(3)19-8-7-14-15(18)10-17(4,5)11-16(14)19/h7-8,12-13,15H,6,9-11,18H2,1-5H3. The van der Waals surface area contributed by atoms with Gasteiger partial charge in [-0.15, -0.1) is 0 Å². The van der Waals surface area contributed by atoms with Crippen molar-refractivity contribution in [3.8, 4) is 0 Å². The van der Waals surface area contributed by atoms with Gasteiger partial charge in [0.05, 0.1) is 0 Å². The van der Waals surface area contributed by atoms with Crippen molar-refractivity contribution in [2.75, 3.05) is 0 Å². The predicted molar refractivity (Wildman–Crippen MR) is 82.2 cm³/mol. The summed E-state index contributed by atoms with van der Waals surface area (Å²) in [6.45, 7) is 11.7. The van der Waals surface area contributed by atoms with E-state index in [0.717, 1.165) is 18.8 Å². The van der Waals surface area contributed by atoms with Crippen LogP contribution in [0, 0.1) is 11.3 Å². The molecule has 3 unspecified atom stereocenters. The molecular weight excluding hydrogens is 232 g/mol. The van der Waals surface area contributed by atoms with E-state index in [2.05, 4.69) is 51.4 Å². The number of rotatable bonds is 4. The lowest BCUT2D eigenvalue weighted by atomic mass is 9.74. The molecule has 19 heavy (non-hydrogen) atoms. The van der Waals surface area contributed by atoms with Gasteiger partial charge in [0.15, 0.2) is 0 Å². The third-order valence-electron chi connectivity index (χ3n) is 4.79. The highest BCUT2D eigenvalue weighted by atomic mass is 15.0. The van der Waals surface area contributed by atoms with Gasteiger partial charge in [0.25, 0.3) is 0 Å². The van der Waals surface area contributed by atoms with Crippen LogP contribution in [-0.4, -0.2) is 4.57 Å². The minimum absolute atomic E-state index is 0.218. The SMILES string of the molecule is CCC(C)CC(C)n1ccc2c1CC(C)(C)CC2N. The molecule has 0 saturated carbocycles. The number of fused-ring (bicyclic) bond motifs is 1. The average molecular weight is 262 g/mol.